The largest absolute Gasteiger partial charge is 0.465 e. The van der Waals surface area contributed by atoms with Gasteiger partial charge in [0.1, 0.15) is 15.4 Å². The van der Waals surface area contributed by atoms with Gasteiger partial charge >= 0.3 is 11.9 Å². The predicted octanol–water partition coefficient (Wildman–Crippen LogP) is 2.53. The first kappa shape index (κ1) is 17.3. The van der Waals surface area contributed by atoms with Crippen molar-refractivity contribution >= 4 is 34.0 Å². The lowest BCUT2D eigenvalue weighted by Crippen LogP contribution is -2.25. The molecule has 0 aromatic carbocycles. The first-order valence-electron chi connectivity index (χ1n) is 6.85. The van der Waals surface area contributed by atoms with Gasteiger partial charge < -0.3 is 20.1 Å². The number of carbonyl (C=O) groups excluding carboxylic acids is 2. The van der Waals surface area contributed by atoms with Crippen molar-refractivity contribution in [3.63, 3.8) is 0 Å². The Morgan fingerprint density at radius 1 is 1.10 bits per heavy atom. The molecule has 0 saturated heterocycles. The minimum atomic E-state index is -0.540. The maximum absolute atomic E-state index is 12.0. The molecule has 0 aliphatic rings. The van der Waals surface area contributed by atoms with E-state index in [4.69, 9.17) is 15.2 Å². The molecular weight excluding hydrogens is 292 g/mol. The molecule has 0 unspecified atom stereocenters. The van der Waals surface area contributed by atoms with Gasteiger partial charge in [0.25, 0.3) is 0 Å². The van der Waals surface area contributed by atoms with Gasteiger partial charge in [-0.1, -0.05) is 13.8 Å². The molecule has 2 N–H and O–H groups in total. The number of hydrogen-bond donors (Lipinski definition) is 1. The lowest BCUT2D eigenvalue weighted by atomic mass is 10.2. The molecule has 7 heteroatoms. The van der Waals surface area contributed by atoms with Gasteiger partial charge in [-0.25, -0.2) is 9.59 Å². The Hall–Kier alpha value is -1.76. The number of thiophene rings is 1. The van der Waals surface area contributed by atoms with E-state index < -0.39 is 11.9 Å². The molecule has 0 aliphatic carbocycles. The summed E-state index contributed by atoms with van der Waals surface area (Å²) in [6.07, 6.45) is 1.85. The number of nitrogen functional groups attached to an aromatic ring is 1. The van der Waals surface area contributed by atoms with Gasteiger partial charge in [0.15, 0.2) is 0 Å². The topological polar surface area (TPSA) is 81.9 Å². The van der Waals surface area contributed by atoms with E-state index in [9.17, 15) is 9.59 Å². The summed E-state index contributed by atoms with van der Waals surface area (Å²) in [4.78, 5) is 26.1. The second-order valence-corrected chi connectivity index (χ2v) is 5.49. The fraction of sp³-hybridized carbons (Fsp3) is 0.571. The number of nitrogens with two attached hydrogens (primary N) is 1. The Labute approximate surface area is 128 Å². The molecule has 1 rings (SSSR count). The Bertz CT molecular complexity index is 507. The maximum Gasteiger partial charge on any atom is 0.350 e. The van der Waals surface area contributed by atoms with Crippen LogP contribution >= 0.6 is 11.3 Å². The third-order valence-electron chi connectivity index (χ3n) is 2.96. The Balaban J connectivity index is 3.39. The summed E-state index contributed by atoms with van der Waals surface area (Å²) in [5, 5.41) is 0.670. The van der Waals surface area contributed by atoms with E-state index in [2.05, 4.69) is 18.7 Å². The monoisotopic (exact) mass is 314 g/mol. The quantitative estimate of drug-likeness (QED) is 0.779. The zero-order valence-corrected chi connectivity index (χ0v) is 13.7. The van der Waals surface area contributed by atoms with Crippen molar-refractivity contribution in [2.75, 3.05) is 37.9 Å². The Kier molecular flexibility index (Phi) is 6.48. The number of esters is 2. The number of anilines is 2. The molecule has 0 atom stereocenters. The summed E-state index contributed by atoms with van der Waals surface area (Å²) in [6.45, 7) is 5.66. The van der Waals surface area contributed by atoms with Crippen LogP contribution in [0.3, 0.4) is 0 Å². The number of methoxy groups -OCH3 is 2. The average Bonchev–Trinajstić information content (AvgIpc) is 2.83. The molecule has 0 aliphatic heterocycles. The SMILES string of the molecule is CCCN(CCC)c1sc(C(=O)OC)c(N)c1C(=O)OC. The van der Waals surface area contributed by atoms with Crippen LogP contribution < -0.4 is 10.6 Å². The highest BCUT2D eigenvalue weighted by molar-refractivity contribution is 7.19. The van der Waals surface area contributed by atoms with Crippen LogP contribution in [-0.2, 0) is 9.47 Å². The standard InChI is InChI=1S/C14H22N2O4S/c1-5-7-16(8-6-2)12-9(13(17)19-3)10(15)11(21-12)14(18)20-4/h5-8,15H2,1-4H3. The van der Waals surface area contributed by atoms with Gasteiger partial charge in [-0.2, -0.15) is 0 Å². The first-order chi connectivity index (χ1) is 10.0. The molecule has 0 radical (unpaired) electrons. The molecular formula is C14H22N2O4S. The van der Waals surface area contributed by atoms with Gasteiger partial charge in [0, 0.05) is 13.1 Å². The van der Waals surface area contributed by atoms with Gasteiger partial charge in [-0.15, -0.1) is 11.3 Å². The van der Waals surface area contributed by atoms with Crippen molar-refractivity contribution in [2.45, 2.75) is 26.7 Å². The van der Waals surface area contributed by atoms with Gasteiger partial charge in [-0.05, 0) is 12.8 Å². The van der Waals surface area contributed by atoms with Crippen molar-refractivity contribution in [2.24, 2.45) is 0 Å². The highest BCUT2D eigenvalue weighted by atomic mass is 32.1. The van der Waals surface area contributed by atoms with E-state index in [-0.39, 0.29) is 16.1 Å². The van der Waals surface area contributed by atoms with Gasteiger partial charge in [0.05, 0.1) is 19.9 Å². The van der Waals surface area contributed by atoms with E-state index in [1.807, 2.05) is 0 Å². The lowest BCUT2D eigenvalue weighted by Gasteiger charge is -2.23. The molecule has 118 valence electrons. The summed E-state index contributed by atoms with van der Waals surface area (Å²) in [5.41, 5.74) is 6.35. The number of carbonyl (C=O) groups is 2. The van der Waals surface area contributed by atoms with Crippen LogP contribution in [0.4, 0.5) is 10.7 Å². The first-order valence-corrected chi connectivity index (χ1v) is 7.67. The molecule has 1 aromatic heterocycles. The zero-order chi connectivity index (χ0) is 16.0. The third kappa shape index (κ3) is 3.66. The number of hydrogen-bond acceptors (Lipinski definition) is 7. The summed E-state index contributed by atoms with van der Waals surface area (Å²) in [6, 6.07) is 0. The predicted molar refractivity (Wildman–Crippen MR) is 84.2 cm³/mol. The fourth-order valence-electron chi connectivity index (χ4n) is 2.05. The van der Waals surface area contributed by atoms with Crippen molar-refractivity contribution in [3.8, 4) is 0 Å². The van der Waals surface area contributed by atoms with Crippen LogP contribution in [0.25, 0.3) is 0 Å². The van der Waals surface area contributed by atoms with Crippen LogP contribution in [0.1, 0.15) is 46.7 Å². The molecule has 0 amide bonds. The van der Waals surface area contributed by atoms with E-state index in [1.54, 1.807) is 0 Å². The normalized spacial score (nSPS) is 10.3. The lowest BCUT2D eigenvalue weighted by molar-refractivity contribution is 0.0602. The minimum Gasteiger partial charge on any atom is -0.465 e. The molecule has 0 bridgehead atoms. The molecule has 6 nitrogen and oxygen atoms in total. The van der Waals surface area contributed by atoms with Crippen molar-refractivity contribution in [1.82, 2.24) is 0 Å². The average molecular weight is 314 g/mol. The Morgan fingerprint density at radius 2 is 1.62 bits per heavy atom. The Morgan fingerprint density at radius 3 is 2.05 bits per heavy atom. The maximum atomic E-state index is 12.0. The van der Waals surface area contributed by atoms with Crippen LogP contribution in [0.15, 0.2) is 0 Å². The van der Waals surface area contributed by atoms with Gasteiger partial charge in [0.2, 0.25) is 0 Å². The molecule has 21 heavy (non-hydrogen) atoms. The smallest absolute Gasteiger partial charge is 0.350 e. The summed E-state index contributed by atoms with van der Waals surface area (Å²) >= 11 is 1.18. The minimum absolute atomic E-state index is 0.130. The second kappa shape index (κ2) is 7.87. The number of rotatable bonds is 7. The van der Waals surface area contributed by atoms with Crippen LogP contribution in [0.2, 0.25) is 0 Å². The van der Waals surface area contributed by atoms with Crippen molar-refractivity contribution in [3.05, 3.63) is 10.4 Å². The number of ether oxygens (including phenoxy) is 2. The van der Waals surface area contributed by atoms with Crippen LogP contribution in [0, 0.1) is 0 Å². The van der Waals surface area contributed by atoms with E-state index in [0.29, 0.717) is 5.00 Å². The van der Waals surface area contributed by atoms with Crippen LogP contribution in [-0.4, -0.2) is 39.2 Å². The summed E-state index contributed by atoms with van der Waals surface area (Å²) in [5.74, 6) is -1.08. The van der Waals surface area contributed by atoms with E-state index >= 15 is 0 Å². The molecule has 1 heterocycles. The summed E-state index contributed by atoms with van der Waals surface area (Å²) < 4.78 is 9.52. The third-order valence-corrected chi connectivity index (χ3v) is 4.21. The van der Waals surface area contributed by atoms with E-state index in [1.165, 1.54) is 25.6 Å². The highest BCUT2D eigenvalue weighted by Gasteiger charge is 2.29. The van der Waals surface area contributed by atoms with Crippen LogP contribution in [0.5, 0.6) is 0 Å². The van der Waals surface area contributed by atoms with Crippen molar-refractivity contribution < 1.29 is 19.1 Å². The molecule has 0 fully saturated rings. The molecule has 1 aromatic rings. The molecule has 0 spiro atoms. The second-order valence-electron chi connectivity index (χ2n) is 4.50. The fourth-order valence-corrected chi connectivity index (χ4v) is 3.23. The van der Waals surface area contributed by atoms with E-state index in [0.717, 1.165) is 25.9 Å². The number of nitrogens with zero attached hydrogens (tertiary/aromatic N) is 1. The highest BCUT2D eigenvalue weighted by Crippen LogP contribution is 2.39. The van der Waals surface area contributed by atoms with Gasteiger partial charge in [-0.3, -0.25) is 0 Å². The summed E-state index contributed by atoms with van der Waals surface area (Å²) in [7, 11) is 2.58. The van der Waals surface area contributed by atoms with Crippen molar-refractivity contribution in [1.29, 1.82) is 0 Å². The molecule has 0 saturated carbocycles. The zero-order valence-electron chi connectivity index (χ0n) is 12.9.